The standard InChI is InChI=1S/C10H13N7S2/c11-7-13-8(17-4-2-1-3-5-17)15-9(14-7)19-10-16-12-6-18-10/h6H,1-5H2,(H2,11,13,14,15). The summed E-state index contributed by atoms with van der Waals surface area (Å²) < 4.78 is 0.801. The lowest BCUT2D eigenvalue weighted by atomic mass is 10.1. The molecule has 0 saturated carbocycles. The van der Waals surface area contributed by atoms with Gasteiger partial charge in [0, 0.05) is 13.1 Å². The first kappa shape index (κ1) is 12.5. The highest BCUT2D eigenvalue weighted by atomic mass is 32.2. The molecule has 0 unspecified atom stereocenters. The molecule has 100 valence electrons. The first-order valence-electron chi connectivity index (χ1n) is 6.02. The number of nitrogens with two attached hydrogens (primary N) is 1. The highest BCUT2D eigenvalue weighted by Crippen LogP contribution is 2.27. The van der Waals surface area contributed by atoms with Crippen LogP contribution in [-0.4, -0.2) is 38.2 Å². The summed E-state index contributed by atoms with van der Waals surface area (Å²) in [5, 5.41) is 8.32. The maximum Gasteiger partial charge on any atom is 0.231 e. The predicted molar refractivity (Wildman–Crippen MR) is 74.3 cm³/mol. The summed E-state index contributed by atoms with van der Waals surface area (Å²) in [6.07, 6.45) is 3.61. The lowest BCUT2D eigenvalue weighted by molar-refractivity contribution is 0.565. The minimum atomic E-state index is 0.252. The van der Waals surface area contributed by atoms with E-state index in [0.717, 1.165) is 17.4 Å². The van der Waals surface area contributed by atoms with E-state index < -0.39 is 0 Å². The summed E-state index contributed by atoms with van der Waals surface area (Å²) in [7, 11) is 0. The largest absolute Gasteiger partial charge is 0.368 e. The van der Waals surface area contributed by atoms with E-state index in [1.54, 1.807) is 5.51 Å². The summed E-state index contributed by atoms with van der Waals surface area (Å²) in [6.45, 7) is 1.96. The van der Waals surface area contributed by atoms with Crippen molar-refractivity contribution in [1.29, 1.82) is 0 Å². The van der Waals surface area contributed by atoms with Gasteiger partial charge in [-0.15, -0.1) is 10.2 Å². The zero-order valence-corrected chi connectivity index (χ0v) is 11.8. The Bertz CT molecular complexity index is 539. The van der Waals surface area contributed by atoms with Crippen LogP contribution in [0.1, 0.15) is 19.3 Å². The van der Waals surface area contributed by atoms with Gasteiger partial charge in [-0.1, -0.05) is 11.3 Å². The van der Waals surface area contributed by atoms with E-state index in [4.69, 9.17) is 5.73 Å². The van der Waals surface area contributed by atoms with E-state index in [-0.39, 0.29) is 5.95 Å². The van der Waals surface area contributed by atoms with Crippen LogP contribution in [0.25, 0.3) is 0 Å². The van der Waals surface area contributed by atoms with E-state index >= 15 is 0 Å². The Kier molecular flexibility index (Phi) is 3.74. The average Bonchev–Trinajstić information content (AvgIpc) is 2.92. The molecule has 0 atom stereocenters. The fourth-order valence-corrected chi connectivity index (χ4v) is 3.26. The molecule has 0 aromatic carbocycles. The molecule has 3 heterocycles. The number of anilines is 2. The quantitative estimate of drug-likeness (QED) is 0.909. The van der Waals surface area contributed by atoms with Crippen LogP contribution in [0.5, 0.6) is 0 Å². The van der Waals surface area contributed by atoms with E-state index in [2.05, 4.69) is 30.0 Å². The lowest BCUT2D eigenvalue weighted by Gasteiger charge is -2.26. The number of nitrogens with zero attached hydrogens (tertiary/aromatic N) is 6. The second kappa shape index (κ2) is 5.66. The average molecular weight is 295 g/mol. The highest BCUT2D eigenvalue weighted by molar-refractivity contribution is 8.00. The molecule has 2 aromatic rings. The summed E-state index contributed by atoms with van der Waals surface area (Å²) in [4.78, 5) is 15.0. The Balaban J connectivity index is 1.82. The molecular formula is C10H13N7S2. The second-order valence-electron chi connectivity index (χ2n) is 4.13. The highest BCUT2D eigenvalue weighted by Gasteiger charge is 2.16. The summed E-state index contributed by atoms with van der Waals surface area (Å²) >= 11 is 2.81. The molecule has 0 aliphatic carbocycles. The van der Waals surface area contributed by atoms with E-state index in [9.17, 15) is 0 Å². The first-order valence-corrected chi connectivity index (χ1v) is 7.71. The van der Waals surface area contributed by atoms with Gasteiger partial charge in [0.15, 0.2) is 4.34 Å². The van der Waals surface area contributed by atoms with Gasteiger partial charge in [0.25, 0.3) is 0 Å². The second-order valence-corrected chi connectivity index (χ2v) is 6.18. The molecule has 1 aliphatic rings. The monoisotopic (exact) mass is 295 g/mol. The van der Waals surface area contributed by atoms with Gasteiger partial charge in [0.05, 0.1) is 0 Å². The van der Waals surface area contributed by atoms with Crippen molar-refractivity contribution < 1.29 is 0 Å². The van der Waals surface area contributed by atoms with Crippen LogP contribution in [0.3, 0.4) is 0 Å². The van der Waals surface area contributed by atoms with Gasteiger partial charge in [-0.05, 0) is 31.0 Å². The first-order chi connectivity index (χ1) is 9.31. The van der Waals surface area contributed by atoms with Gasteiger partial charge in [-0.2, -0.15) is 15.0 Å². The van der Waals surface area contributed by atoms with Crippen LogP contribution in [0.15, 0.2) is 15.0 Å². The van der Waals surface area contributed by atoms with Crippen LogP contribution < -0.4 is 10.6 Å². The molecule has 9 heteroatoms. The molecule has 1 fully saturated rings. The third-order valence-electron chi connectivity index (χ3n) is 2.78. The normalized spacial score (nSPS) is 15.7. The van der Waals surface area contributed by atoms with Gasteiger partial charge >= 0.3 is 0 Å². The van der Waals surface area contributed by atoms with Crippen LogP contribution in [-0.2, 0) is 0 Å². The number of hydrogen-bond acceptors (Lipinski definition) is 9. The summed E-state index contributed by atoms with van der Waals surface area (Å²) in [5.74, 6) is 0.918. The zero-order chi connectivity index (χ0) is 13.1. The van der Waals surface area contributed by atoms with Gasteiger partial charge in [-0.25, -0.2) is 0 Å². The van der Waals surface area contributed by atoms with Gasteiger partial charge in [-0.3, -0.25) is 0 Å². The van der Waals surface area contributed by atoms with Crippen molar-refractivity contribution in [2.75, 3.05) is 23.7 Å². The van der Waals surface area contributed by atoms with Gasteiger partial charge in [0.2, 0.25) is 17.1 Å². The van der Waals surface area contributed by atoms with Crippen molar-refractivity contribution in [3.63, 3.8) is 0 Å². The molecule has 2 N–H and O–H groups in total. The van der Waals surface area contributed by atoms with Crippen LogP contribution >= 0.6 is 23.1 Å². The van der Waals surface area contributed by atoms with Crippen molar-refractivity contribution in [3.8, 4) is 0 Å². The minimum Gasteiger partial charge on any atom is -0.368 e. The van der Waals surface area contributed by atoms with Gasteiger partial charge in [0.1, 0.15) is 5.51 Å². The third kappa shape index (κ3) is 3.10. The Morgan fingerprint density at radius 2 is 2.00 bits per heavy atom. The Hall–Kier alpha value is -1.48. The smallest absolute Gasteiger partial charge is 0.231 e. The van der Waals surface area contributed by atoms with Crippen molar-refractivity contribution in [3.05, 3.63) is 5.51 Å². The van der Waals surface area contributed by atoms with E-state index in [1.807, 2.05) is 0 Å². The minimum absolute atomic E-state index is 0.252. The fourth-order valence-electron chi connectivity index (χ4n) is 1.93. The number of piperidine rings is 1. The number of rotatable bonds is 3. The van der Waals surface area contributed by atoms with Gasteiger partial charge < -0.3 is 10.6 Å². The summed E-state index contributed by atoms with van der Waals surface area (Å²) in [5.41, 5.74) is 7.44. The van der Waals surface area contributed by atoms with Crippen molar-refractivity contribution in [1.82, 2.24) is 25.1 Å². The van der Waals surface area contributed by atoms with Crippen molar-refractivity contribution >= 4 is 35.0 Å². The topological polar surface area (TPSA) is 93.7 Å². The van der Waals surface area contributed by atoms with Crippen LogP contribution in [0, 0.1) is 0 Å². The molecule has 0 radical (unpaired) electrons. The molecule has 7 nitrogen and oxygen atoms in total. The molecule has 19 heavy (non-hydrogen) atoms. The molecular weight excluding hydrogens is 282 g/mol. The maximum absolute atomic E-state index is 5.76. The van der Waals surface area contributed by atoms with Crippen molar-refractivity contribution in [2.24, 2.45) is 0 Å². The molecule has 1 aliphatic heterocycles. The molecule has 0 amide bonds. The maximum atomic E-state index is 5.76. The SMILES string of the molecule is Nc1nc(Sc2nncs2)nc(N2CCCCC2)n1. The zero-order valence-electron chi connectivity index (χ0n) is 10.2. The van der Waals surface area contributed by atoms with Crippen LogP contribution in [0.4, 0.5) is 11.9 Å². The number of aromatic nitrogens is 5. The molecule has 2 aromatic heterocycles. The lowest BCUT2D eigenvalue weighted by Crippen LogP contribution is -2.31. The molecule has 0 bridgehead atoms. The Labute approximate surface area is 118 Å². The predicted octanol–water partition coefficient (Wildman–Crippen LogP) is 1.45. The summed E-state index contributed by atoms with van der Waals surface area (Å²) in [6, 6.07) is 0. The fraction of sp³-hybridized carbons (Fsp3) is 0.500. The number of nitrogen functional groups attached to an aromatic ring is 1. The van der Waals surface area contributed by atoms with Crippen molar-refractivity contribution in [2.45, 2.75) is 28.8 Å². The van der Waals surface area contributed by atoms with E-state index in [0.29, 0.717) is 11.1 Å². The van der Waals surface area contributed by atoms with Crippen LogP contribution in [0.2, 0.25) is 0 Å². The Morgan fingerprint density at radius 1 is 1.16 bits per heavy atom. The van der Waals surface area contributed by atoms with E-state index in [1.165, 1.54) is 42.4 Å². The third-order valence-corrected chi connectivity index (χ3v) is 4.42. The molecule has 3 rings (SSSR count). The molecule has 1 saturated heterocycles. The molecule has 0 spiro atoms. The Morgan fingerprint density at radius 3 is 2.74 bits per heavy atom. The number of hydrogen-bond donors (Lipinski definition) is 1.